The lowest BCUT2D eigenvalue weighted by atomic mass is 10.1. The number of methoxy groups -OCH3 is 1. The molecule has 43 heavy (non-hydrogen) atoms. The molecule has 1 N–H and O–H groups in total. The summed E-state index contributed by atoms with van der Waals surface area (Å²) in [4.78, 5) is 28.1. The van der Waals surface area contributed by atoms with Gasteiger partial charge in [0.25, 0.3) is 10.0 Å². The zero-order chi connectivity index (χ0) is 32.2. The number of hydrogen-bond donors (Lipinski definition) is 1. The Balaban J connectivity index is 2.11. The van der Waals surface area contributed by atoms with Crippen LogP contribution in [-0.2, 0) is 32.3 Å². The number of nitrogens with one attached hydrogen (secondary N) is 1. The molecule has 0 bridgehead atoms. The first-order valence-corrected chi connectivity index (χ1v) is 14.9. The molecule has 0 saturated carbocycles. The number of nitrogens with zero attached hydrogens (tertiary/aromatic N) is 2. The lowest BCUT2D eigenvalue weighted by molar-refractivity contribution is -0.140. The minimum Gasteiger partial charge on any atom is -0.497 e. The quantitative estimate of drug-likeness (QED) is 0.298. The van der Waals surface area contributed by atoms with E-state index in [0.717, 1.165) is 12.1 Å². The zero-order valence-electron chi connectivity index (χ0n) is 24.3. The molecular weight excluding hydrogens is 607 g/mol. The summed E-state index contributed by atoms with van der Waals surface area (Å²) in [5.74, 6) is -0.767. The van der Waals surface area contributed by atoms with Gasteiger partial charge in [-0.2, -0.15) is 13.2 Å². The largest absolute Gasteiger partial charge is 0.497 e. The fourth-order valence-electron chi connectivity index (χ4n) is 4.12. The number of benzene rings is 3. The Morgan fingerprint density at radius 3 is 2.12 bits per heavy atom. The van der Waals surface area contributed by atoms with Gasteiger partial charge in [-0.1, -0.05) is 41.9 Å². The predicted octanol–water partition coefficient (Wildman–Crippen LogP) is 5.89. The summed E-state index contributed by atoms with van der Waals surface area (Å²) in [6, 6.07) is 15.2. The Bertz CT molecular complexity index is 1540. The number of rotatable bonds is 10. The molecule has 3 aromatic carbocycles. The summed E-state index contributed by atoms with van der Waals surface area (Å²) in [5.41, 5.74) is -1.72. The van der Waals surface area contributed by atoms with Crippen LogP contribution in [-0.4, -0.2) is 50.4 Å². The van der Waals surface area contributed by atoms with E-state index in [1.54, 1.807) is 51.1 Å². The van der Waals surface area contributed by atoms with E-state index in [4.69, 9.17) is 16.3 Å². The smallest absolute Gasteiger partial charge is 0.417 e. The van der Waals surface area contributed by atoms with E-state index in [-0.39, 0.29) is 11.4 Å². The van der Waals surface area contributed by atoms with Crippen LogP contribution < -0.4 is 14.4 Å². The molecule has 13 heteroatoms. The normalized spacial score (nSPS) is 12.8. The van der Waals surface area contributed by atoms with E-state index < -0.39 is 62.4 Å². The molecule has 0 fully saturated rings. The maximum atomic E-state index is 14.0. The molecule has 0 heterocycles. The fraction of sp³-hybridized carbons (Fsp3) is 0.333. The molecule has 0 spiro atoms. The third-order valence-corrected chi connectivity index (χ3v) is 8.45. The van der Waals surface area contributed by atoms with Crippen molar-refractivity contribution in [1.82, 2.24) is 10.2 Å². The van der Waals surface area contributed by atoms with Crippen LogP contribution in [0.25, 0.3) is 0 Å². The van der Waals surface area contributed by atoms with E-state index in [1.807, 2.05) is 0 Å². The minimum atomic E-state index is -4.89. The van der Waals surface area contributed by atoms with Crippen molar-refractivity contribution in [3.8, 4) is 5.75 Å². The Kier molecular flexibility index (Phi) is 10.4. The number of carbonyl (C=O) groups is 2. The minimum absolute atomic E-state index is 0.102. The maximum Gasteiger partial charge on any atom is 0.417 e. The first-order valence-electron chi connectivity index (χ1n) is 13.1. The van der Waals surface area contributed by atoms with E-state index >= 15 is 0 Å². The average Bonchev–Trinajstić information content (AvgIpc) is 2.93. The second-order valence-electron chi connectivity index (χ2n) is 10.8. The second-order valence-corrected chi connectivity index (χ2v) is 13.0. The fourth-order valence-corrected chi connectivity index (χ4v) is 5.77. The van der Waals surface area contributed by atoms with E-state index in [9.17, 15) is 31.2 Å². The van der Waals surface area contributed by atoms with Crippen molar-refractivity contribution in [2.45, 2.75) is 56.9 Å². The summed E-state index contributed by atoms with van der Waals surface area (Å²) < 4.78 is 74.6. The van der Waals surface area contributed by atoms with Crippen LogP contribution in [0.3, 0.4) is 0 Å². The van der Waals surface area contributed by atoms with Crippen LogP contribution >= 0.6 is 11.6 Å². The van der Waals surface area contributed by atoms with Crippen molar-refractivity contribution in [1.29, 1.82) is 0 Å². The third-order valence-electron chi connectivity index (χ3n) is 6.33. The number of ether oxygens (including phenoxy) is 1. The van der Waals surface area contributed by atoms with E-state index in [0.29, 0.717) is 21.7 Å². The van der Waals surface area contributed by atoms with Crippen LogP contribution in [0.2, 0.25) is 5.02 Å². The molecule has 0 aliphatic rings. The van der Waals surface area contributed by atoms with Gasteiger partial charge < -0.3 is 15.0 Å². The highest BCUT2D eigenvalue weighted by Gasteiger charge is 2.37. The Labute approximate surface area is 254 Å². The number of anilines is 1. The summed E-state index contributed by atoms with van der Waals surface area (Å²) in [7, 11) is -3.06. The summed E-state index contributed by atoms with van der Waals surface area (Å²) >= 11 is 5.80. The van der Waals surface area contributed by atoms with Crippen molar-refractivity contribution < 1.29 is 35.9 Å². The van der Waals surface area contributed by atoms with Gasteiger partial charge in [0, 0.05) is 12.1 Å². The lowest BCUT2D eigenvalue weighted by Gasteiger charge is -2.33. The summed E-state index contributed by atoms with van der Waals surface area (Å²) in [6.45, 7) is 5.78. The number of halogens is 4. The number of carbonyl (C=O) groups excluding carboxylic acids is 2. The van der Waals surface area contributed by atoms with Gasteiger partial charge in [0.1, 0.15) is 18.3 Å². The van der Waals surface area contributed by atoms with Crippen molar-refractivity contribution in [2.24, 2.45) is 0 Å². The molecule has 0 aliphatic carbocycles. The molecule has 8 nitrogen and oxygen atoms in total. The molecule has 2 amide bonds. The van der Waals surface area contributed by atoms with Crippen LogP contribution in [0, 0.1) is 0 Å². The lowest BCUT2D eigenvalue weighted by Crippen LogP contribution is -2.54. The SMILES string of the molecule is COc1ccc(CN(C(=O)CN(c2ccc(Cl)c(C(F)(F)F)c2)S(=O)(=O)c2ccccc2)[C@H](C)C(=O)NC(C)(C)C)cc1. The van der Waals surface area contributed by atoms with E-state index in [2.05, 4.69) is 5.32 Å². The van der Waals surface area contributed by atoms with Crippen molar-refractivity contribution in [2.75, 3.05) is 18.0 Å². The third kappa shape index (κ3) is 8.64. The predicted molar refractivity (Wildman–Crippen MR) is 158 cm³/mol. The highest BCUT2D eigenvalue weighted by Crippen LogP contribution is 2.38. The second kappa shape index (κ2) is 13.3. The number of sulfonamides is 1. The van der Waals surface area contributed by atoms with E-state index in [1.165, 1.54) is 43.2 Å². The highest BCUT2D eigenvalue weighted by atomic mass is 35.5. The Morgan fingerprint density at radius 2 is 1.58 bits per heavy atom. The van der Waals surface area contributed by atoms with Gasteiger partial charge in [-0.3, -0.25) is 13.9 Å². The monoisotopic (exact) mass is 639 g/mol. The van der Waals surface area contributed by atoms with Crippen molar-refractivity contribution in [3.05, 3.63) is 88.9 Å². The molecule has 0 aliphatic heterocycles. The molecule has 1 atom stereocenters. The first kappa shape index (κ1) is 33.7. The van der Waals surface area contributed by atoms with Crippen LogP contribution in [0.5, 0.6) is 5.75 Å². The van der Waals surface area contributed by atoms with Crippen LogP contribution in [0.15, 0.2) is 77.7 Å². The molecule has 0 unspecified atom stereocenters. The first-order chi connectivity index (χ1) is 19.9. The summed E-state index contributed by atoms with van der Waals surface area (Å²) in [5, 5.41) is 2.17. The summed E-state index contributed by atoms with van der Waals surface area (Å²) in [6.07, 6.45) is -4.89. The number of alkyl halides is 3. The number of amides is 2. The van der Waals surface area contributed by atoms with Gasteiger partial charge in [-0.25, -0.2) is 8.42 Å². The van der Waals surface area contributed by atoms with Crippen LogP contribution in [0.4, 0.5) is 18.9 Å². The zero-order valence-corrected chi connectivity index (χ0v) is 25.8. The molecule has 0 saturated heterocycles. The molecule has 3 aromatic rings. The van der Waals surface area contributed by atoms with Crippen molar-refractivity contribution >= 4 is 39.1 Å². The Hall–Kier alpha value is -3.77. The molecular formula is C30H33ClF3N3O5S. The van der Waals surface area contributed by atoms with Gasteiger partial charge in [-0.05, 0) is 75.7 Å². The molecule has 0 aromatic heterocycles. The Morgan fingerprint density at radius 1 is 0.977 bits per heavy atom. The average molecular weight is 640 g/mol. The van der Waals surface area contributed by atoms with Crippen LogP contribution in [0.1, 0.15) is 38.8 Å². The highest BCUT2D eigenvalue weighted by molar-refractivity contribution is 7.92. The molecule has 3 rings (SSSR count). The molecule has 0 radical (unpaired) electrons. The van der Waals surface area contributed by atoms with Gasteiger partial charge >= 0.3 is 6.18 Å². The van der Waals surface area contributed by atoms with Gasteiger partial charge in [0.05, 0.1) is 28.3 Å². The topological polar surface area (TPSA) is 96.0 Å². The maximum absolute atomic E-state index is 14.0. The van der Waals surface area contributed by atoms with Gasteiger partial charge in [-0.15, -0.1) is 0 Å². The van der Waals surface area contributed by atoms with Crippen molar-refractivity contribution in [3.63, 3.8) is 0 Å². The number of hydrogen-bond acceptors (Lipinski definition) is 5. The van der Waals surface area contributed by atoms with Gasteiger partial charge in [0.2, 0.25) is 11.8 Å². The van der Waals surface area contributed by atoms with Gasteiger partial charge in [0.15, 0.2) is 0 Å². The molecule has 232 valence electrons. The standard InChI is InChI=1S/C30H33ClF3N3O5S/c1-20(28(39)35-29(2,3)4)36(18-21-11-14-23(42-5)15-12-21)27(38)19-37(43(40,41)24-9-7-6-8-10-24)22-13-16-26(31)25(17-22)30(32,33)34/h6-17,20H,18-19H2,1-5H3,(H,35,39)/t20-/m1/s1.